The molecule has 0 amide bonds. The molecular formula is C12H18N4O4S. The second-order valence-electron chi connectivity index (χ2n) is 5.04. The lowest BCUT2D eigenvalue weighted by Gasteiger charge is -2.33. The summed E-state index contributed by atoms with van der Waals surface area (Å²) in [6.07, 6.45) is 1.76. The number of nitro groups is 1. The van der Waals surface area contributed by atoms with Crippen LogP contribution in [0.25, 0.3) is 0 Å². The van der Waals surface area contributed by atoms with Crippen molar-refractivity contribution in [2.45, 2.75) is 23.8 Å². The van der Waals surface area contributed by atoms with Gasteiger partial charge in [-0.25, -0.2) is 13.6 Å². The Hall–Kier alpha value is -1.71. The van der Waals surface area contributed by atoms with Crippen LogP contribution in [0.5, 0.6) is 0 Å². The standard InChI is InChI=1S/C12H18N4O4S/c1-15(9-4-6-14-7-5-9)11-3-2-10(21(13,19)20)8-12(11)16(17)18/h2-3,8-9,14H,4-7H2,1H3,(H2,13,19,20). The highest BCUT2D eigenvalue weighted by atomic mass is 32.2. The molecule has 0 aromatic heterocycles. The predicted molar refractivity (Wildman–Crippen MR) is 78.8 cm³/mol. The van der Waals surface area contributed by atoms with Crippen LogP contribution in [0.15, 0.2) is 23.1 Å². The number of piperidine rings is 1. The van der Waals surface area contributed by atoms with Gasteiger partial charge in [0.2, 0.25) is 10.0 Å². The lowest BCUT2D eigenvalue weighted by Crippen LogP contribution is -2.41. The summed E-state index contributed by atoms with van der Waals surface area (Å²) in [5.74, 6) is 0. The van der Waals surface area contributed by atoms with E-state index in [2.05, 4.69) is 5.32 Å². The van der Waals surface area contributed by atoms with Gasteiger partial charge < -0.3 is 10.2 Å². The summed E-state index contributed by atoms with van der Waals surface area (Å²) in [6, 6.07) is 3.95. The summed E-state index contributed by atoms with van der Waals surface area (Å²) < 4.78 is 22.6. The number of nitro benzene ring substituents is 1. The molecule has 9 heteroatoms. The average molecular weight is 314 g/mol. The van der Waals surface area contributed by atoms with Crippen molar-refractivity contribution >= 4 is 21.4 Å². The van der Waals surface area contributed by atoms with Gasteiger partial charge in [-0.1, -0.05) is 0 Å². The molecule has 1 aromatic rings. The number of hydrogen-bond donors (Lipinski definition) is 2. The van der Waals surface area contributed by atoms with Crippen molar-refractivity contribution in [3.63, 3.8) is 0 Å². The Morgan fingerprint density at radius 1 is 1.38 bits per heavy atom. The quantitative estimate of drug-likeness (QED) is 0.614. The second kappa shape index (κ2) is 5.96. The number of sulfonamides is 1. The highest BCUT2D eigenvalue weighted by Gasteiger charge is 2.26. The molecule has 1 fully saturated rings. The molecule has 1 heterocycles. The molecule has 8 nitrogen and oxygen atoms in total. The van der Waals surface area contributed by atoms with Crippen molar-refractivity contribution in [2.24, 2.45) is 5.14 Å². The van der Waals surface area contributed by atoms with E-state index in [0.29, 0.717) is 5.69 Å². The van der Waals surface area contributed by atoms with Crippen molar-refractivity contribution < 1.29 is 13.3 Å². The van der Waals surface area contributed by atoms with Gasteiger partial charge in [-0.15, -0.1) is 0 Å². The molecule has 1 aliphatic heterocycles. The fourth-order valence-corrected chi connectivity index (χ4v) is 3.05. The number of rotatable bonds is 4. The zero-order valence-electron chi connectivity index (χ0n) is 11.7. The SMILES string of the molecule is CN(c1ccc(S(N)(=O)=O)cc1[N+](=O)[O-])C1CCNCC1. The molecule has 0 unspecified atom stereocenters. The van der Waals surface area contributed by atoms with E-state index < -0.39 is 14.9 Å². The maximum Gasteiger partial charge on any atom is 0.293 e. The van der Waals surface area contributed by atoms with Gasteiger partial charge in [0.1, 0.15) is 5.69 Å². The van der Waals surface area contributed by atoms with E-state index in [4.69, 9.17) is 5.14 Å². The second-order valence-corrected chi connectivity index (χ2v) is 6.61. The maximum absolute atomic E-state index is 11.3. The predicted octanol–water partition coefficient (Wildman–Crippen LogP) is 0.430. The molecule has 1 aliphatic rings. The molecule has 21 heavy (non-hydrogen) atoms. The van der Waals surface area contributed by atoms with Crippen molar-refractivity contribution in [1.29, 1.82) is 0 Å². The molecular weight excluding hydrogens is 296 g/mol. The molecule has 116 valence electrons. The minimum atomic E-state index is -3.96. The molecule has 0 atom stereocenters. The third-order valence-electron chi connectivity index (χ3n) is 3.71. The molecule has 3 N–H and O–H groups in total. The van der Waals surface area contributed by atoms with Gasteiger partial charge in [0.15, 0.2) is 0 Å². The highest BCUT2D eigenvalue weighted by molar-refractivity contribution is 7.89. The lowest BCUT2D eigenvalue weighted by atomic mass is 10.0. The van der Waals surface area contributed by atoms with E-state index in [1.807, 2.05) is 4.90 Å². The van der Waals surface area contributed by atoms with Gasteiger partial charge in [-0.05, 0) is 38.1 Å². The van der Waals surface area contributed by atoms with Crippen LogP contribution in [0.4, 0.5) is 11.4 Å². The van der Waals surface area contributed by atoms with Crippen LogP contribution in [-0.2, 0) is 10.0 Å². The Labute approximate surface area is 123 Å². The van der Waals surface area contributed by atoms with Crippen molar-refractivity contribution in [3.05, 3.63) is 28.3 Å². The largest absolute Gasteiger partial charge is 0.366 e. The van der Waals surface area contributed by atoms with Crippen LogP contribution in [0.2, 0.25) is 0 Å². The van der Waals surface area contributed by atoms with Gasteiger partial charge in [0.25, 0.3) is 5.69 Å². The zero-order valence-corrected chi connectivity index (χ0v) is 12.5. The summed E-state index contributed by atoms with van der Waals surface area (Å²) in [4.78, 5) is 12.2. The third kappa shape index (κ3) is 3.49. The Kier molecular flexibility index (Phi) is 4.45. The van der Waals surface area contributed by atoms with Crippen LogP contribution in [0, 0.1) is 10.1 Å². The van der Waals surface area contributed by atoms with Crippen molar-refractivity contribution in [1.82, 2.24) is 5.32 Å². The molecule has 2 rings (SSSR count). The minimum Gasteiger partial charge on any atom is -0.366 e. The molecule has 0 saturated carbocycles. The summed E-state index contributed by atoms with van der Waals surface area (Å²) >= 11 is 0. The van der Waals surface area contributed by atoms with Crippen molar-refractivity contribution in [3.8, 4) is 0 Å². The van der Waals surface area contributed by atoms with Gasteiger partial charge in [-0.2, -0.15) is 0 Å². The van der Waals surface area contributed by atoms with Gasteiger partial charge >= 0.3 is 0 Å². The Balaban J connectivity index is 2.40. The normalized spacial score (nSPS) is 16.7. The van der Waals surface area contributed by atoms with E-state index >= 15 is 0 Å². The average Bonchev–Trinajstić information content (AvgIpc) is 2.45. The van der Waals surface area contributed by atoms with Gasteiger partial charge in [-0.3, -0.25) is 10.1 Å². The fourth-order valence-electron chi connectivity index (χ4n) is 2.52. The van der Waals surface area contributed by atoms with Crippen LogP contribution in [0.1, 0.15) is 12.8 Å². The van der Waals surface area contributed by atoms with Gasteiger partial charge in [0, 0.05) is 19.2 Å². The summed E-state index contributed by atoms with van der Waals surface area (Å²) in [5.41, 5.74) is 0.154. The zero-order chi connectivity index (χ0) is 15.6. The monoisotopic (exact) mass is 314 g/mol. The maximum atomic E-state index is 11.3. The lowest BCUT2D eigenvalue weighted by molar-refractivity contribution is -0.384. The fraction of sp³-hybridized carbons (Fsp3) is 0.500. The Bertz CT molecular complexity index is 641. The first-order chi connectivity index (χ1) is 9.80. The van der Waals surface area contributed by atoms with E-state index in [-0.39, 0.29) is 16.6 Å². The number of nitrogens with two attached hydrogens (primary N) is 1. The molecule has 0 bridgehead atoms. The van der Waals surface area contributed by atoms with Crippen molar-refractivity contribution in [2.75, 3.05) is 25.0 Å². The first-order valence-corrected chi connectivity index (χ1v) is 8.10. The summed E-state index contributed by atoms with van der Waals surface area (Å²) in [7, 11) is -2.17. The first-order valence-electron chi connectivity index (χ1n) is 6.55. The van der Waals surface area contributed by atoms with E-state index in [1.54, 1.807) is 7.05 Å². The molecule has 0 aliphatic carbocycles. The van der Waals surface area contributed by atoms with Gasteiger partial charge in [0.05, 0.1) is 9.82 Å². The molecule has 0 radical (unpaired) electrons. The van der Waals surface area contributed by atoms with E-state index in [0.717, 1.165) is 32.0 Å². The first kappa shape index (κ1) is 15.7. The summed E-state index contributed by atoms with van der Waals surface area (Å²) in [6.45, 7) is 1.72. The number of hydrogen-bond acceptors (Lipinski definition) is 6. The molecule has 1 saturated heterocycles. The topological polar surface area (TPSA) is 119 Å². The molecule has 0 spiro atoms. The number of primary sulfonamides is 1. The Morgan fingerprint density at radius 3 is 2.52 bits per heavy atom. The minimum absolute atomic E-state index is 0.185. The summed E-state index contributed by atoms with van der Waals surface area (Å²) in [5, 5.41) is 19.5. The third-order valence-corrected chi connectivity index (χ3v) is 4.62. The number of benzene rings is 1. The number of anilines is 1. The Morgan fingerprint density at radius 2 is 2.00 bits per heavy atom. The number of nitrogens with one attached hydrogen (secondary N) is 1. The van der Waals surface area contributed by atoms with E-state index in [1.165, 1.54) is 12.1 Å². The van der Waals surface area contributed by atoms with Crippen LogP contribution < -0.4 is 15.4 Å². The van der Waals surface area contributed by atoms with Crippen LogP contribution >= 0.6 is 0 Å². The van der Waals surface area contributed by atoms with E-state index in [9.17, 15) is 18.5 Å². The van der Waals surface area contributed by atoms with Crippen LogP contribution in [0.3, 0.4) is 0 Å². The smallest absolute Gasteiger partial charge is 0.293 e. The number of nitrogens with zero attached hydrogens (tertiary/aromatic N) is 2. The van der Waals surface area contributed by atoms with Crippen LogP contribution in [-0.4, -0.2) is 39.5 Å². The highest BCUT2D eigenvalue weighted by Crippen LogP contribution is 2.32. The molecule has 1 aromatic carbocycles.